The molecule has 4 heteroatoms. The molecule has 11 heavy (non-hydrogen) atoms. The summed E-state index contributed by atoms with van der Waals surface area (Å²) in [6.07, 6.45) is 0. The van der Waals surface area contributed by atoms with Crippen LogP contribution in [0.15, 0.2) is 24.3 Å². The van der Waals surface area contributed by atoms with Gasteiger partial charge in [0.1, 0.15) is 11.0 Å². The minimum absolute atomic E-state index is 0. The Morgan fingerprint density at radius 3 is 2.45 bits per heavy atom. The van der Waals surface area contributed by atoms with Gasteiger partial charge in [-0.25, -0.2) is 4.39 Å². The van der Waals surface area contributed by atoms with Gasteiger partial charge in [0, 0.05) is 5.56 Å². The lowest BCUT2D eigenvalue weighted by atomic mass is 10.2. The second kappa shape index (κ2) is 4.05. The molecule has 0 saturated carbocycles. The summed E-state index contributed by atoms with van der Waals surface area (Å²) in [5.74, 6) is -0.372. The molecule has 0 amide bonds. The summed E-state index contributed by atoms with van der Waals surface area (Å²) in [5.41, 5.74) is 0.404. The lowest BCUT2D eigenvalue weighted by Gasteiger charge is -1.93. The van der Waals surface area contributed by atoms with Gasteiger partial charge in [0.15, 0.2) is 0 Å². The average molecular weight is 175 g/mol. The molecule has 0 bridgehead atoms. The average Bonchev–Trinajstić information content (AvgIpc) is 1.88. The summed E-state index contributed by atoms with van der Waals surface area (Å²) < 4.78 is 12.4. The minimum Gasteiger partial charge on any atom is -0.344 e. The van der Waals surface area contributed by atoms with Gasteiger partial charge in [0.2, 0.25) is 0 Å². The van der Waals surface area contributed by atoms with Gasteiger partial charge < -0.3 is 6.15 Å². The van der Waals surface area contributed by atoms with Gasteiger partial charge in [-0.05, 0) is 12.1 Å². The van der Waals surface area contributed by atoms with Crippen LogP contribution in [0, 0.1) is 11.2 Å². The number of hydrogen-bond acceptors (Lipinski definition) is 2. The fourth-order valence-corrected chi connectivity index (χ4v) is 0.743. The van der Waals surface area contributed by atoms with E-state index >= 15 is 0 Å². The van der Waals surface area contributed by atoms with Crippen molar-refractivity contribution < 1.29 is 4.39 Å². The van der Waals surface area contributed by atoms with Crippen molar-refractivity contribution in [1.82, 2.24) is 6.15 Å². The maximum atomic E-state index is 12.4. The van der Waals surface area contributed by atoms with Crippen LogP contribution in [0.1, 0.15) is 5.56 Å². The molecule has 4 N–H and O–H groups in total. The lowest BCUT2D eigenvalue weighted by Crippen LogP contribution is -1.88. The first-order chi connectivity index (χ1) is 4.70. The molecule has 2 nitrogen and oxygen atoms in total. The van der Waals surface area contributed by atoms with Crippen LogP contribution in [0.2, 0.25) is 0 Å². The van der Waals surface area contributed by atoms with Crippen molar-refractivity contribution in [2.24, 2.45) is 0 Å². The molecule has 0 unspecified atom stereocenters. The van der Waals surface area contributed by atoms with Crippen molar-refractivity contribution in [3.63, 3.8) is 0 Å². The van der Waals surface area contributed by atoms with Crippen molar-refractivity contribution >= 4 is 16.8 Å². The van der Waals surface area contributed by atoms with E-state index in [-0.39, 0.29) is 17.1 Å². The summed E-state index contributed by atoms with van der Waals surface area (Å²) in [4.78, 5) is 0. The van der Waals surface area contributed by atoms with Crippen molar-refractivity contribution in [2.75, 3.05) is 0 Å². The first-order valence-corrected chi connectivity index (χ1v) is 3.08. The fourth-order valence-electron chi connectivity index (χ4n) is 0.625. The van der Waals surface area contributed by atoms with E-state index in [1.165, 1.54) is 18.2 Å². The summed E-state index contributed by atoms with van der Waals surface area (Å²) in [6.45, 7) is 0. The molecule has 0 radical (unpaired) electrons. The Hall–Kier alpha value is -0.930. The molecular weight excluding hydrogens is 167 g/mol. The molecule has 1 aromatic carbocycles. The maximum Gasteiger partial charge on any atom is 0.128 e. The predicted molar refractivity (Wildman–Crippen MR) is 44.1 cm³/mol. The zero-order valence-corrected chi connectivity index (χ0v) is 6.53. The molecule has 0 spiro atoms. The Labute approximate surface area is 69.1 Å². The highest BCUT2D eigenvalue weighted by atomic mass is 35.5. The van der Waals surface area contributed by atoms with Crippen LogP contribution < -0.4 is 6.15 Å². The third-order valence-electron chi connectivity index (χ3n) is 1.08. The number of nitrogens with one attached hydrogen (secondary N) is 1. The summed E-state index contributed by atoms with van der Waals surface area (Å²) >= 11 is 5.29. The smallest absolute Gasteiger partial charge is 0.128 e. The van der Waals surface area contributed by atoms with Crippen molar-refractivity contribution in [1.29, 1.82) is 5.41 Å². The molecule has 1 aromatic rings. The van der Waals surface area contributed by atoms with Gasteiger partial charge in [0.05, 0.1) is 0 Å². The number of halogens is 2. The third-order valence-corrected chi connectivity index (χ3v) is 1.30. The molecular formula is C7H8ClFN2. The van der Waals surface area contributed by atoms with Crippen LogP contribution in [-0.4, -0.2) is 5.17 Å². The Morgan fingerprint density at radius 1 is 1.45 bits per heavy atom. The molecule has 0 heterocycles. The molecule has 0 saturated heterocycles. The normalized spacial score (nSPS) is 8.55. The lowest BCUT2D eigenvalue weighted by molar-refractivity contribution is 0.627. The SMILES string of the molecule is N.N=C(Cl)c1cccc(F)c1. The van der Waals surface area contributed by atoms with Gasteiger partial charge >= 0.3 is 0 Å². The van der Waals surface area contributed by atoms with Gasteiger partial charge in [0.25, 0.3) is 0 Å². The molecule has 0 aliphatic rings. The van der Waals surface area contributed by atoms with Gasteiger partial charge in [-0.1, -0.05) is 23.7 Å². The summed E-state index contributed by atoms with van der Waals surface area (Å²) in [5, 5.41) is 6.79. The van der Waals surface area contributed by atoms with Crippen LogP contribution in [0.25, 0.3) is 0 Å². The van der Waals surface area contributed by atoms with Gasteiger partial charge in [-0.2, -0.15) is 0 Å². The number of hydrogen-bond donors (Lipinski definition) is 2. The largest absolute Gasteiger partial charge is 0.344 e. The van der Waals surface area contributed by atoms with E-state index in [0.717, 1.165) is 0 Å². The second-order valence-corrected chi connectivity index (χ2v) is 2.20. The van der Waals surface area contributed by atoms with E-state index < -0.39 is 0 Å². The highest BCUT2D eigenvalue weighted by Crippen LogP contribution is 2.05. The van der Waals surface area contributed by atoms with Crippen LogP contribution >= 0.6 is 11.6 Å². The quantitative estimate of drug-likeness (QED) is 0.632. The van der Waals surface area contributed by atoms with Crippen molar-refractivity contribution in [2.45, 2.75) is 0 Å². The summed E-state index contributed by atoms with van der Waals surface area (Å²) in [7, 11) is 0. The van der Waals surface area contributed by atoms with E-state index in [1.807, 2.05) is 0 Å². The van der Waals surface area contributed by atoms with Crippen molar-refractivity contribution in [3.8, 4) is 0 Å². The van der Waals surface area contributed by atoms with E-state index in [2.05, 4.69) is 0 Å². The van der Waals surface area contributed by atoms with E-state index in [4.69, 9.17) is 17.0 Å². The topological polar surface area (TPSA) is 58.9 Å². The first-order valence-electron chi connectivity index (χ1n) is 2.70. The van der Waals surface area contributed by atoms with Crippen molar-refractivity contribution in [3.05, 3.63) is 35.6 Å². The Bertz CT molecular complexity index is 262. The van der Waals surface area contributed by atoms with Crippen LogP contribution in [0.5, 0.6) is 0 Å². The Kier molecular flexibility index (Phi) is 3.71. The molecule has 0 aliphatic carbocycles. The third kappa shape index (κ3) is 2.65. The second-order valence-electron chi connectivity index (χ2n) is 1.82. The van der Waals surface area contributed by atoms with Crippen LogP contribution in [0.4, 0.5) is 4.39 Å². The van der Waals surface area contributed by atoms with Crippen LogP contribution in [-0.2, 0) is 0 Å². The number of rotatable bonds is 1. The van der Waals surface area contributed by atoms with E-state index in [1.54, 1.807) is 6.07 Å². The molecule has 0 fully saturated rings. The fraction of sp³-hybridized carbons (Fsp3) is 0. The van der Waals surface area contributed by atoms with E-state index in [0.29, 0.717) is 5.56 Å². The molecule has 0 aromatic heterocycles. The zero-order valence-electron chi connectivity index (χ0n) is 5.77. The minimum atomic E-state index is -0.372. The van der Waals surface area contributed by atoms with Crippen LogP contribution in [0.3, 0.4) is 0 Å². The number of benzene rings is 1. The maximum absolute atomic E-state index is 12.4. The van der Waals surface area contributed by atoms with Gasteiger partial charge in [-0.15, -0.1) is 0 Å². The predicted octanol–water partition coefficient (Wildman–Crippen LogP) is 2.55. The highest BCUT2D eigenvalue weighted by Gasteiger charge is 1.96. The monoisotopic (exact) mass is 174 g/mol. The standard InChI is InChI=1S/C7H5ClFN.H3N/c8-7(10)5-2-1-3-6(9)4-5;/h1-4,10H;1H3. The van der Waals surface area contributed by atoms with E-state index in [9.17, 15) is 4.39 Å². The van der Waals surface area contributed by atoms with Gasteiger partial charge in [-0.3, -0.25) is 5.41 Å². The molecule has 60 valence electrons. The highest BCUT2D eigenvalue weighted by molar-refractivity contribution is 6.68. The molecule has 0 aliphatic heterocycles. The zero-order chi connectivity index (χ0) is 7.56. The Morgan fingerprint density at radius 2 is 2.09 bits per heavy atom. The first kappa shape index (κ1) is 10.1. The Balaban J connectivity index is 0.000001000. The summed E-state index contributed by atoms with van der Waals surface area (Å²) in [6, 6.07) is 5.62. The molecule has 0 atom stereocenters. The molecule has 1 rings (SSSR count).